The van der Waals surface area contributed by atoms with Crippen molar-refractivity contribution < 1.29 is 29.0 Å². The zero-order valence-corrected chi connectivity index (χ0v) is 23.5. The van der Waals surface area contributed by atoms with Crippen LogP contribution in [-0.4, -0.2) is 59.8 Å². The number of hydrogen-bond acceptors (Lipinski definition) is 6. The summed E-state index contributed by atoms with van der Waals surface area (Å²) >= 11 is 0. The average Bonchev–Trinajstić information content (AvgIpc) is 2.90. The third kappa shape index (κ3) is 8.76. The van der Waals surface area contributed by atoms with E-state index < -0.39 is 42.2 Å². The second-order valence-corrected chi connectivity index (χ2v) is 10.1. The summed E-state index contributed by atoms with van der Waals surface area (Å²) in [6.07, 6.45) is 5.56. The lowest BCUT2D eigenvalue weighted by Crippen LogP contribution is -2.55. The Morgan fingerprint density at radius 2 is 1.74 bits per heavy atom. The number of aliphatic hydroxyl groups excluding tert-OH is 1. The fourth-order valence-corrected chi connectivity index (χ4v) is 3.97. The van der Waals surface area contributed by atoms with Gasteiger partial charge in [0.2, 0.25) is 5.91 Å². The van der Waals surface area contributed by atoms with Crippen LogP contribution in [0.1, 0.15) is 58.2 Å². The van der Waals surface area contributed by atoms with Gasteiger partial charge in [0.05, 0.1) is 13.7 Å². The van der Waals surface area contributed by atoms with Gasteiger partial charge in [0.1, 0.15) is 23.4 Å². The predicted molar refractivity (Wildman–Crippen MR) is 150 cm³/mol. The van der Waals surface area contributed by atoms with Crippen molar-refractivity contribution in [2.75, 3.05) is 25.6 Å². The molecular weight excluding hydrogens is 498 g/mol. The summed E-state index contributed by atoms with van der Waals surface area (Å²) in [4.78, 5) is 41.8. The minimum Gasteiger partial charge on any atom is -0.497 e. The predicted octanol–water partition coefficient (Wildman–Crippen LogP) is 4.12. The molecule has 0 aromatic heterocycles. The van der Waals surface area contributed by atoms with Crippen molar-refractivity contribution in [3.05, 3.63) is 59.7 Å². The number of aliphatic hydroxyl groups is 1. The topological polar surface area (TPSA) is 117 Å². The minimum absolute atomic E-state index is 0.179. The van der Waals surface area contributed by atoms with E-state index in [9.17, 15) is 19.5 Å². The fraction of sp³-hybridized carbons (Fsp3) is 0.433. The molecule has 210 valence electrons. The molecule has 9 nitrogen and oxygen atoms in total. The number of nitrogens with zero attached hydrogens (tertiary/aromatic N) is 1. The second kappa shape index (κ2) is 14.2. The van der Waals surface area contributed by atoms with E-state index in [4.69, 9.17) is 15.9 Å². The summed E-state index contributed by atoms with van der Waals surface area (Å²) < 4.78 is 10.6. The highest BCUT2D eigenvalue weighted by Gasteiger charge is 2.38. The van der Waals surface area contributed by atoms with Crippen LogP contribution in [0.15, 0.2) is 48.5 Å². The molecule has 0 aliphatic rings. The summed E-state index contributed by atoms with van der Waals surface area (Å²) in [6, 6.07) is 11.3. The zero-order valence-electron chi connectivity index (χ0n) is 23.5. The molecule has 2 aromatic rings. The Morgan fingerprint density at radius 3 is 2.28 bits per heavy atom. The molecule has 0 spiro atoms. The molecule has 0 saturated heterocycles. The van der Waals surface area contributed by atoms with Gasteiger partial charge >= 0.3 is 6.09 Å². The smallest absolute Gasteiger partial charge is 0.408 e. The molecule has 3 N–H and O–H groups in total. The molecule has 2 aromatic carbocycles. The zero-order chi connectivity index (χ0) is 29.2. The first-order valence-corrected chi connectivity index (χ1v) is 12.9. The number of methoxy groups -OCH3 is 1. The highest BCUT2D eigenvalue weighted by Crippen LogP contribution is 2.28. The van der Waals surface area contributed by atoms with Gasteiger partial charge in [-0.1, -0.05) is 44.4 Å². The lowest BCUT2D eigenvalue weighted by molar-refractivity contribution is -0.142. The van der Waals surface area contributed by atoms with Crippen LogP contribution >= 0.6 is 0 Å². The number of terminal acetylenes is 1. The summed E-state index contributed by atoms with van der Waals surface area (Å²) in [6.45, 7) is 8.28. The number of rotatable bonds is 11. The number of alkyl carbamates (subject to hydrolysis) is 1. The second-order valence-electron chi connectivity index (χ2n) is 10.1. The van der Waals surface area contributed by atoms with Gasteiger partial charge in [-0.3, -0.25) is 9.59 Å². The number of benzene rings is 2. The van der Waals surface area contributed by atoms with Gasteiger partial charge in [-0.2, -0.15) is 0 Å². The molecule has 0 aliphatic heterocycles. The molecule has 3 unspecified atom stereocenters. The van der Waals surface area contributed by atoms with E-state index in [1.165, 1.54) is 12.0 Å². The largest absolute Gasteiger partial charge is 0.497 e. The van der Waals surface area contributed by atoms with E-state index in [0.717, 1.165) is 0 Å². The third-order valence-corrected chi connectivity index (χ3v) is 6.10. The minimum atomic E-state index is -1.20. The monoisotopic (exact) mass is 537 g/mol. The molecule has 0 bridgehead atoms. The Balaban J connectivity index is 2.56. The molecular formula is C30H39N3O6. The Bertz CT molecular complexity index is 1170. The van der Waals surface area contributed by atoms with E-state index in [2.05, 4.69) is 16.6 Å². The first kappa shape index (κ1) is 31.2. The molecule has 0 fully saturated rings. The quantitative estimate of drug-likeness (QED) is 0.371. The molecule has 0 saturated carbocycles. The number of hydrogen-bond donors (Lipinski definition) is 3. The molecule has 39 heavy (non-hydrogen) atoms. The van der Waals surface area contributed by atoms with Gasteiger partial charge in [0, 0.05) is 17.8 Å². The van der Waals surface area contributed by atoms with Crippen LogP contribution in [0, 0.1) is 18.3 Å². The summed E-state index contributed by atoms with van der Waals surface area (Å²) in [5.41, 5.74) is 0.534. The van der Waals surface area contributed by atoms with Crippen LogP contribution in [0.25, 0.3) is 0 Å². The molecule has 0 aliphatic carbocycles. The highest BCUT2D eigenvalue weighted by molar-refractivity contribution is 5.99. The number of nitrogens with one attached hydrogen (secondary N) is 2. The van der Waals surface area contributed by atoms with E-state index in [1.54, 1.807) is 69.3 Å². The van der Waals surface area contributed by atoms with Crippen LogP contribution in [0.3, 0.4) is 0 Å². The standard InChI is InChI=1S/C30H39N3O6/c1-8-20(3)25(32-29(37)39-30(4,5)6)28(36)33(18-19-34)26(24-13-11-10-12-21(24)9-2)27(35)31-22-14-16-23(38-7)17-15-22/h2,10-17,20,25-26,34H,8,18-19H2,1,3-7H3,(H,31,35)(H,32,37). The lowest BCUT2D eigenvalue weighted by Gasteiger charge is -2.36. The Morgan fingerprint density at radius 1 is 1.10 bits per heavy atom. The van der Waals surface area contributed by atoms with Crippen LogP contribution < -0.4 is 15.4 Å². The molecule has 0 heterocycles. The SMILES string of the molecule is C#Cc1ccccc1C(C(=O)Nc1ccc(OC)cc1)N(CCO)C(=O)C(NC(=O)OC(C)(C)C)C(C)CC. The van der Waals surface area contributed by atoms with Crippen molar-refractivity contribution in [1.29, 1.82) is 0 Å². The first-order chi connectivity index (χ1) is 18.4. The van der Waals surface area contributed by atoms with Crippen LogP contribution in [-0.2, 0) is 14.3 Å². The van der Waals surface area contributed by atoms with Gasteiger partial charge in [-0.25, -0.2) is 4.79 Å². The number of carbonyl (C=O) groups excluding carboxylic acids is 3. The Kier molecular flexibility index (Phi) is 11.4. The van der Waals surface area contributed by atoms with Crippen molar-refractivity contribution in [1.82, 2.24) is 10.2 Å². The van der Waals surface area contributed by atoms with Crippen molar-refractivity contribution in [3.8, 4) is 18.1 Å². The van der Waals surface area contributed by atoms with E-state index in [0.29, 0.717) is 29.0 Å². The normalized spacial score (nSPS) is 13.3. The Labute approximate surface area is 230 Å². The Hall–Kier alpha value is -4.03. The summed E-state index contributed by atoms with van der Waals surface area (Å²) in [7, 11) is 1.54. The van der Waals surface area contributed by atoms with Gasteiger partial charge in [0.15, 0.2) is 0 Å². The number of ether oxygens (including phenoxy) is 2. The average molecular weight is 538 g/mol. The number of carbonyl (C=O) groups is 3. The number of amides is 3. The van der Waals surface area contributed by atoms with Crippen molar-refractivity contribution in [2.24, 2.45) is 5.92 Å². The van der Waals surface area contributed by atoms with Gasteiger partial charge in [-0.05, 0) is 62.6 Å². The fourth-order valence-electron chi connectivity index (χ4n) is 3.97. The lowest BCUT2D eigenvalue weighted by atomic mass is 9.94. The van der Waals surface area contributed by atoms with Crippen LogP contribution in [0.2, 0.25) is 0 Å². The van der Waals surface area contributed by atoms with Gasteiger partial charge < -0.3 is 30.1 Å². The van der Waals surface area contributed by atoms with Crippen molar-refractivity contribution in [3.63, 3.8) is 0 Å². The van der Waals surface area contributed by atoms with Crippen LogP contribution in [0.4, 0.5) is 10.5 Å². The molecule has 3 amide bonds. The molecule has 9 heteroatoms. The van der Waals surface area contributed by atoms with Gasteiger partial charge in [-0.15, -0.1) is 6.42 Å². The van der Waals surface area contributed by atoms with E-state index >= 15 is 0 Å². The van der Waals surface area contributed by atoms with Crippen molar-refractivity contribution >= 4 is 23.6 Å². The summed E-state index contributed by atoms with van der Waals surface area (Å²) in [5.74, 6) is 1.80. The maximum Gasteiger partial charge on any atom is 0.408 e. The molecule has 3 atom stereocenters. The van der Waals surface area contributed by atoms with Crippen molar-refractivity contribution in [2.45, 2.75) is 58.7 Å². The third-order valence-electron chi connectivity index (χ3n) is 6.10. The van der Waals surface area contributed by atoms with E-state index in [-0.39, 0.29) is 12.5 Å². The first-order valence-electron chi connectivity index (χ1n) is 12.9. The maximum atomic E-state index is 14.1. The molecule has 0 radical (unpaired) electrons. The highest BCUT2D eigenvalue weighted by atomic mass is 16.6. The van der Waals surface area contributed by atoms with E-state index in [1.807, 2.05) is 13.8 Å². The number of anilines is 1. The summed E-state index contributed by atoms with van der Waals surface area (Å²) in [5, 5.41) is 15.5. The van der Waals surface area contributed by atoms with Crippen LogP contribution in [0.5, 0.6) is 5.75 Å². The van der Waals surface area contributed by atoms with Gasteiger partial charge in [0.25, 0.3) is 5.91 Å². The molecule has 2 rings (SSSR count). The maximum absolute atomic E-state index is 14.1.